The molecule has 1 atom stereocenters. The molecule has 0 fully saturated rings. The van der Waals surface area contributed by atoms with Crippen molar-refractivity contribution >= 4 is 11.9 Å². The summed E-state index contributed by atoms with van der Waals surface area (Å²) in [6.45, 7) is 1.67. The summed E-state index contributed by atoms with van der Waals surface area (Å²) in [7, 11) is 1.43. The van der Waals surface area contributed by atoms with Gasteiger partial charge in [-0.1, -0.05) is 6.92 Å². The maximum Gasteiger partial charge on any atom is 0.326 e. The van der Waals surface area contributed by atoms with Gasteiger partial charge in [-0.25, -0.2) is 4.79 Å². The number of carboxylic acids is 1. The van der Waals surface area contributed by atoms with Crippen LogP contribution in [0.2, 0.25) is 0 Å². The molecule has 1 unspecified atom stereocenters. The Balaban J connectivity index is 2.72. The molecular weight excluding hydrogens is 226 g/mol. The summed E-state index contributed by atoms with van der Waals surface area (Å²) in [5, 5.41) is 18.4. The molecule has 0 bridgehead atoms. The minimum absolute atomic E-state index is 0.0468. The first-order valence-corrected chi connectivity index (χ1v) is 4.99. The molecule has 7 nitrogen and oxygen atoms in total. The van der Waals surface area contributed by atoms with Crippen LogP contribution in [-0.4, -0.2) is 40.3 Å². The molecule has 1 rings (SSSR count). The predicted molar refractivity (Wildman–Crippen MR) is 57.8 cm³/mol. The van der Waals surface area contributed by atoms with Crippen molar-refractivity contribution in [1.29, 1.82) is 0 Å². The molecule has 1 heterocycles. The fourth-order valence-corrected chi connectivity index (χ4v) is 1.12. The third-order valence-corrected chi connectivity index (χ3v) is 2.09. The number of hydrogen-bond donors (Lipinski definition) is 2. The van der Waals surface area contributed by atoms with Crippen LogP contribution in [0.15, 0.2) is 12.1 Å². The smallest absolute Gasteiger partial charge is 0.326 e. The molecule has 0 radical (unpaired) electrons. The van der Waals surface area contributed by atoms with Gasteiger partial charge in [0, 0.05) is 6.07 Å². The summed E-state index contributed by atoms with van der Waals surface area (Å²) in [6.07, 6.45) is 0.296. The Morgan fingerprint density at radius 2 is 2.18 bits per heavy atom. The highest BCUT2D eigenvalue weighted by Gasteiger charge is 2.19. The molecule has 7 heteroatoms. The van der Waals surface area contributed by atoms with Crippen LogP contribution in [0.5, 0.6) is 5.88 Å². The van der Waals surface area contributed by atoms with E-state index in [4.69, 9.17) is 9.84 Å². The minimum Gasteiger partial charge on any atom is -0.480 e. The summed E-state index contributed by atoms with van der Waals surface area (Å²) in [5.74, 6) is -1.37. The first kappa shape index (κ1) is 12.9. The molecular formula is C10H13N3O4. The molecule has 0 aliphatic rings. The van der Waals surface area contributed by atoms with E-state index in [9.17, 15) is 9.59 Å². The lowest BCUT2D eigenvalue weighted by molar-refractivity contribution is -0.139. The summed E-state index contributed by atoms with van der Waals surface area (Å²) in [6, 6.07) is 1.96. The molecule has 0 saturated heterocycles. The van der Waals surface area contributed by atoms with E-state index in [1.54, 1.807) is 6.92 Å². The number of methoxy groups -OCH3 is 1. The van der Waals surface area contributed by atoms with Crippen LogP contribution in [0.25, 0.3) is 0 Å². The minimum atomic E-state index is -1.08. The largest absolute Gasteiger partial charge is 0.480 e. The number of hydrogen-bond acceptors (Lipinski definition) is 5. The molecule has 1 amide bonds. The molecule has 0 spiro atoms. The lowest BCUT2D eigenvalue weighted by atomic mass is 10.2. The first-order chi connectivity index (χ1) is 8.08. The van der Waals surface area contributed by atoms with Crippen LogP contribution in [0.3, 0.4) is 0 Å². The van der Waals surface area contributed by atoms with Crippen molar-refractivity contribution in [3.05, 3.63) is 17.8 Å². The number of nitrogens with one attached hydrogen (secondary N) is 1. The molecule has 17 heavy (non-hydrogen) atoms. The normalized spacial score (nSPS) is 11.6. The summed E-state index contributed by atoms with van der Waals surface area (Å²) >= 11 is 0. The Labute approximate surface area is 97.8 Å². The maximum atomic E-state index is 11.6. The molecule has 0 aliphatic heterocycles. The molecule has 0 aromatic carbocycles. The number of ether oxygens (including phenoxy) is 1. The van der Waals surface area contributed by atoms with Gasteiger partial charge in [-0.3, -0.25) is 4.79 Å². The third kappa shape index (κ3) is 3.40. The van der Waals surface area contributed by atoms with Crippen molar-refractivity contribution in [2.24, 2.45) is 0 Å². The summed E-state index contributed by atoms with van der Waals surface area (Å²) in [4.78, 5) is 22.3. The van der Waals surface area contributed by atoms with Crippen molar-refractivity contribution in [3.8, 4) is 5.88 Å². The van der Waals surface area contributed by atoms with Crippen LogP contribution in [0.4, 0.5) is 0 Å². The summed E-state index contributed by atoms with van der Waals surface area (Å²) < 4.78 is 4.79. The van der Waals surface area contributed by atoms with E-state index < -0.39 is 17.9 Å². The van der Waals surface area contributed by atoms with E-state index in [1.807, 2.05) is 0 Å². The molecule has 0 aliphatic carbocycles. The lowest BCUT2D eigenvalue weighted by Gasteiger charge is -2.11. The zero-order chi connectivity index (χ0) is 12.8. The topological polar surface area (TPSA) is 101 Å². The molecule has 1 aromatic heterocycles. The first-order valence-electron chi connectivity index (χ1n) is 4.99. The Kier molecular flexibility index (Phi) is 4.38. The Bertz CT molecular complexity index is 405. The van der Waals surface area contributed by atoms with Crippen LogP contribution >= 0.6 is 0 Å². The van der Waals surface area contributed by atoms with Gasteiger partial charge in [0.15, 0.2) is 5.69 Å². The highest BCUT2D eigenvalue weighted by Crippen LogP contribution is 2.04. The van der Waals surface area contributed by atoms with Gasteiger partial charge in [0.05, 0.1) is 7.11 Å². The molecule has 0 saturated carbocycles. The van der Waals surface area contributed by atoms with E-state index >= 15 is 0 Å². The van der Waals surface area contributed by atoms with Gasteiger partial charge < -0.3 is 15.2 Å². The van der Waals surface area contributed by atoms with Crippen molar-refractivity contribution in [1.82, 2.24) is 15.5 Å². The van der Waals surface area contributed by atoms with Crippen LogP contribution in [0, 0.1) is 0 Å². The van der Waals surface area contributed by atoms with E-state index in [0.717, 1.165) is 0 Å². The number of carboxylic acid groups (broad SMARTS) is 1. The monoisotopic (exact) mass is 239 g/mol. The number of aliphatic carboxylic acids is 1. The standard InChI is InChI=1S/C10H13N3O4/c1-3-6(10(15)16)11-9(14)7-4-5-8(17-2)13-12-7/h4-6H,3H2,1-2H3,(H,11,14)(H,15,16). The van der Waals surface area contributed by atoms with Gasteiger partial charge in [-0.2, -0.15) is 0 Å². The SMILES string of the molecule is CCC(NC(=O)c1ccc(OC)nn1)C(=O)O. The van der Waals surface area contributed by atoms with Crippen molar-refractivity contribution in [3.63, 3.8) is 0 Å². The molecule has 2 N–H and O–H groups in total. The third-order valence-electron chi connectivity index (χ3n) is 2.09. The van der Waals surface area contributed by atoms with Crippen molar-refractivity contribution in [2.75, 3.05) is 7.11 Å². The second-order valence-electron chi connectivity index (χ2n) is 3.23. The van der Waals surface area contributed by atoms with E-state index in [2.05, 4.69) is 15.5 Å². The van der Waals surface area contributed by atoms with Gasteiger partial charge in [0.2, 0.25) is 5.88 Å². The lowest BCUT2D eigenvalue weighted by Crippen LogP contribution is -2.40. The quantitative estimate of drug-likeness (QED) is 0.754. The van der Waals surface area contributed by atoms with Crippen molar-refractivity contribution in [2.45, 2.75) is 19.4 Å². The second-order valence-corrected chi connectivity index (χ2v) is 3.23. The average molecular weight is 239 g/mol. The second kappa shape index (κ2) is 5.78. The van der Waals surface area contributed by atoms with Gasteiger partial charge in [0.25, 0.3) is 5.91 Å². The van der Waals surface area contributed by atoms with Crippen LogP contribution in [-0.2, 0) is 4.79 Å². The maximum absolute atomic E-state index is 11.6. The predicted octanol–water partition coefficient (Wildman–Crippen LogP) is 0.0782. The van der Waals surface area contributed by atoms with E-state index in [0.29, 0.717) is 6.42 Å². The van der Waals surface area contributed by atoms with Gasteiger partial charge in [-0.05, 0) is 12.5 Å². The van der Waals surface area contributed by atoms with Gasteiger partial charge >= 0.3 is 5.97 Å². The zero-order valence-corrected chi connectivity index (χ0v) is 9.51. The average Bonchev–Trinajstić information content (AvgIpc) is 2.35. The van der Waals surface area contributed by atoms with Gasteiger partial charge in [-0.15, -0.1) is 10.2 Å². The van der Waals surface area contributed by atoms with Crippen LogP contribution in [0.1, 0.15) is 23.8 Å². The Morgan fingerprint density at radius 3 is 2.59 bits per heavy atom. The Hall–Kier alpha value is -2.18. The fraction of sp³-hybridized carbons (Fsp3) is 0.400. The number of rotatable bonds is 5. The number of carbonyl (C=O) groups excluding carboxylic acids is 1. The summed E-state index contributed by atoms with van der Waals surface area (Å²) in [5.41, 5.74) is 0.0468. The number of amides is 1. The number of aromatic nitrogens is 2. The fourth-order valence-electron chi connectivity index (χ4n) is 1.12. The van der Waals surface area contributed by atoms with E-state index in [1.165, 1.54) is 19.2 Å². The number of carbonyl (C=O) groups is 2. The number of nitrogens with zero attached hydrogens (tertiary/aromatic N) is 2. The van der Waals surface area contributed by atoms with Gasteiger partial charge in [0.1, 0.15) is 6.04 Å². The van der Waals surface area contributed by atoms with E-state index in [-0.39, 0.29) is 11.6 Å². The molecule has 92 valence electrons. The zero-order valence-electron chi connectivity index (χ0n) is 9.51. The highest BCUT2D eigenvalue weighted by atomic mass is 16.5. The molecule has 1 aromatic rings. The Morgan fingerprint density at radius 1 is 1.47 bits per heavy atom. The van der Waals surface area contributed by atoms with Crippen molar-refractivity contribution < 1.29 is 19.4 Å². The van der Waals surface area contributed by atoms with Crippen LogP contribution < -0.4 is 10.1 Å². The highest BCUT2D eigenvalue weighted by molar-refractivity contribution is 5.94.